The Hall–Kier alpha value is -3.03. The number of β-amino-alcohol motifs (C(OH)–C–C–N with tert-alkyl or cyclic N) is 1. The van der Waals surface area contributed by atoms with Crippen LogP contribution in [0, 0.1) is 18.3 Å². The Bertz CT molecular complexity index is 1260. The van der Waals surface area contributed by atoms with Crippen LogP contribution >= 0.6 is 0 Å². The number of nitriles is 1. The summed E-state index contributed by atoms with van der Waals surface area (Å²) >= 11 is 0. The van der Waals surface area contributed by atoms with Gasteiger partial charge < -0.3 is 9.84 Å². The van der Waals surface area contributed by atoms with Crippen molar-refractivity contribution in [1.29, 1.82) is 5.26 Å². The fourth-order valence-electron chi connectivity index (χ4n) is 3.91. The number of piperazine rings is 1. The minimum atomic E-state index is -3.67. The van der Waals surface area contributed by atoms with Crippen LogP contribution in [0.4, 0.5) is 0 Å². The highest BCUT2D eigenvalue weighted by atomic mass is 32.2. The molecule has 1 atom stereocenters. The van der Waals surface area contributed by atoms with Gasteiger partial charge in [0, 0.05) is 44.3 Å². The number of benzene rings is 2. The molecule has 1 aromatic heterocycles. The zero-order chi connectivity index (χ0) is 23.4. The predicted octanol–water partition coefficient (Wildman–Crippen LogP) is 2.16. The summed E-state index contributed by atoms with van der Waals surface area (Å²) in [5, 5.41) is 20.0. The third kappa shape index (κ3) is 5.31. The largest absolute Gasteiger partial charge is 0.491 e. The third-order valence-electron chi connectivity index (χ3n) is 5.65. The number of hydrogen-bond donors (Lipinski definition) is 1. The number of aliphatic hydroxyl groups is 1. The van der Waals surface area contributed by atoms with E-state index in [2.05, 4.69) is 4.98 Å². The van der Waals surface area contributed by atoms with Crippen LogP contribution in [0.2, 0.25) is 0 Å². The van der Waals surface area contributed by atoms with E-state index >= 15 is 0 Å². The Labute approximate surface area is 193 Å². The first-order valence-corrected chi connectivity index (χ1v) is 12.2. The molecule has 4 rings (SSSR count). The van der Waals surface area contributed by atoms with Crippen molar-refractivity contribution in [3.63, 3.8) is 0 Å². The monoisotopic (exact) mass is 466 g/mol. The van der Waals surface area contributed by atoms with Crippen LogP contribution in [0.5, 0.6) is 5.75 Å². The van der Waals surface area contributed by atoms with Gasteiger partial charge in [0.2, 0.25) is 10.0 Å². The van der Waals surface area contributed by atoms with E-state index in [1.807, 2.05) is 30.0 Å². The molecule has 33 heavy (non-hydrogen) atoms. The second kappa shape index (κ2) is 9.85. The summed E-state index contributed by atoms with van der Waals surface area (Å²) in [7, 11) is -3.67. The Balaban J connectivity index is 1.33. The number of hydrogen-bond acceptors (Lipinski definition) is 7. The molecule has 1 N–H and O–H groups in total. The zero-order valence-electron chi connectivity index (χ0n) is 18.4. The van der Waals surface area contributed by atoms with Gasteiger partial charge in [0.15, 0.2) is 0 Å². The Morgan fingerprint density at radius 2 is 1.88 bits per heavy atom. The molecule has 172 valence electrons. The van der Waals surface area contributed by atoms with Crippen molar-refractivity contribution in [3.8, 4) is 11.8 Å². The molecule has 0 spiro atoms. The van der Waals surface area contributed by atoms with Gasteiger partial charge >= 0.3 is 0 Å². The summed E-state index contributed by atoms with van der Waals surface area (Å²) < 4.78 is 33.7. The van der Waals surface area contributed by atoms with Crippen LogP contribution in [0.3, 0.4) is 0 Å². The van der Waals surface area contributed by atoms with Crippen LogP contribution in [0.25, 0.3) is 10.9 Å². The number of para-hydroxylation sites is 1. The molecule has 3 aromatic rings. The summed E-state index contributed by atoms with van der Waals surface area (Å²) in [5.41, 5.74) is 2.01. The van der Waals surface area contributed by atoms with E-state index in [0.717, 1.165) is 10.9 Å². The summed E-state index contributed by atoms with van der Waals surface area (Å²) in [6.07, 6.45) is 0.968. The second-order valence-electron chi connectivity index (χ2n) is 8.15. The highest BCUT2D eigenvalue weighted by molar-refractivity contribution is 7.89. The molecule has 0 saturated carbocycles. The van der Waals surface area contributed by atoms with Gasteiger partial charge in [-0.2, -0.15) is 9.57 Å². The van der Waals surface area contributed by atoms with E-state index in [9.17, 15) is 13.5 Å². The highest BCUT2D eigenvalue weighted by Crippen LogP contribution is 2.25. The molecule has 0 unspecified atom stereocenters. The highest BCUT2D eigenvalue weighted by Gasteiger charge is 2.30. The first-order valence-electron chi connectivity index (χ1n) is 10.8. The third-order valence-corrected chi connectivity index (χ3v) is 7.58. The second-order valence-corrected chi connectivity index (χ2v) is 10.1. The van der Waals surface area contributed by atoms with Gasteiger partial charge in [-0.25, -0.2) is 8.42 Å². The molecule has 0 bridgehead atoms. The molecular formula is C24H26N4O4S. The molecule has 1 saturated heterocycles. The average molecular weight is 467 g/mol. The van der Waals surface area contributed by atoms with Crippen LogP contribution in [0.15, 0.2) is 59.6 Å². The fraction of sp³-hybridized carbons (Fsp3) is 0.333. The van der Waals surface area contributed by atoms with Gasteiger partial charge in [0.05, 0.1) is 17.1 Å². The number of nitrogens with zero attached hydrogens (tertiary/aromatic N) is 4. The number of sulfonamides is 1. The fourth-order valence-corrected chi connectivity index (χ4v) is 5.50. The summed E-state index contributed by atoms with van der Waals surface area (Å²) in [6.45, 7) is 4.15. The van der Waals surface area contributed by atoms with Gasteiger partial charge in [-0.05, 0) is 48.9 Å². The standard InChI is InChI=1S/C24H26N4O4S/c1-18-13-20-3-2-4-23(24(20)26-15-18)33(30,31)28-11-9-27(10-12-28)16-21(29)17-32-22-7-5-19(14-25)6-8-22/h2-8,13,15,21,29H,9-12,16-17H2,1H3/t21-/m0/s1. The molecule has 1 aliphatic heterocycles. The Morgan fingerprint density at radius 3 is 2.58 bits per heavy atom. The minimum Gasteiger partial charge on any atom is -0.491 e. The SMILES string of the molecule is Cc1cnc2c(S(=O)(=O)N3CCN(C[C@H](O)COc4ccc(C#N)cc4)CC3)cccc2c1. The van der Waals surface area contributed by atoms with Gasteiger partial charge in [-0.3, -0.25) is 9.88 Å². The molecule has 2 heterocycles. The van der Waals surface area contributed by atoms with Crippen LogP contribution in [-0.2, 0) is 10.0 Å². The van der Waals surface area contributed by atoms with Gasteiger partial charge in [-0.1, -0.05) is 12.1 Å². The average Bonchev–Trinajstić information content (AvgIpc) is 2.83. The van der Waals surface area contributed by atoms with Crippen molar-refractivity contribution in [2.75, 3.05) is 39.3 Å². The molecule has 0 aliphatic carbocycles. The van der Waals surface area contributed by atoms with Crippen molar-refractivity contribution in [1.82, 2.24) is 14.2 Å². The Kier molecular flexibility index (Phi) is 6.91. The number of aryl methyl sites for hydroxylation is 1. The maximum absolute atomic E-state index is 13.3. The molecule has 0 amide bonds. The van der Waals surface area contributed by atoms with E-state index in [-0.39, 0.29) is 11.5 Å². The molecule has 8 nitrogen and oxygen atoms in total. The minimum absolute atomic E-state index is 0.117. The van der Waals surface area contributed by atoms with Crippen molar-refractivity contribution < 1.29 is 18.3 Å². The molecule has 1 aliphatic rings. The van der Waals surface area contributed by atoms with Crippen molar-refractivity contribution in [3.05, 3.63) is 65.9 Å². The van der Waals surface area contributed by atoms with Gasteiger partial charge in [0.1, 0.15) is 23.4 Å². The number of ether oxygens (including phenoxy) is 1. The first-order chi connectivity index (χ1) is 15.9. The van der Waals surface area contributed by atoms with Crippen LogP contribution in [-0.4, -0.2) is 73.1 Å². The predicted molar refractivity (Wildman–Crippen MR) is 124 cm³/mol. The van der Waals surface area contributed by atoms with Gasteiger partial charge in [-0.15, -0.1) is 0 Å². The lowest BCUT2D eigenvalue weighted by molar-refractivity contribution is 0.0569. The molecule has 2 aromatic carbocycles. The number of rotatable bonds is 7. The lowest BCUT2D eigenvalue weighted by Crippen LogP contribution is -2.50. The van der Waals surface area contributed by atoms with Crippen LogP contribution < -0.4 is 4.74 Å². The maximum Gasteiger partial charge on any atom is 0.245 e. The molecule has 1 fully saturated rings. The number of aliphatic hydroxyl groups excluding tert-OH is 1. The summed E-state index contributed by atoms with van der Waals surface area (Å²) in [5.74, 6) is 0.586. The first kappa shape index (κ1) is 23.1. The normalized spacial score (nSPS) is 16.4. The van der Waals surface area contributed by atoms with E-state index in [1.165, 1.54) is 4.31 Å². The van der Waals surface area contributed by atoms with E-state index in [1.54, 1.807) is 42.6 Å². The van der Waals surface area contributed by atoms with Crippen molar-refractivity contribution in [2.45, 2.75) is 17.9 Å². The quantitative estimate of drug-likeness (QED) is 0.569. The summed E-state index contributed by atoms with van der Waals surface area (Å²) in [6, 6.07) is 15.9. The van der Waals surface area contributed by atoms with E-state index < -0.39 is 16.1 Å². The van der Waals surface area contributed by atoms with Crippen LogP contribution in [0.1, 0.15) is 11.1 Å². The number of pyridine rings is 1. The molecule has 9 heteroatoms. The van der Waals surface area contributed by atoms with E-state index in [0.29, 0.717) is 49.6 Å². The maximum atomic E-state index is 13.3. The lowest BCUT2D eigenvalue weighted by Gasteiger charge is -2.34. The zero-order valence-corrected chi connectivity index (χ0v) is 19.2. The van der Waals surface area contributed by atoms with E-state index in [4.69, 9.17) is 10.00 Å². The molecule has 0 radical (unpaired) electrons. The van der Waals surface area contributed by atoms with Crippen molar-refractivity contribution >= 4 is 20.9 Å². The Morgan fingerprint density at radius 1 is 1.15 bits per heavy atom. The number of aromatic nitrogens is 1. The topological polar surface area (TPSA) is 107 Å². The smallest absolute Gasteiger partial charge is 0.245 e. The molecular weight excluding hydrogens is 440 g/mol. The lowest BCUT2D eigenvalue weighted by atomic mass is 10.2. The number of fused-ring (bicyclic) bond motifs is 1. The van der Waals surface area contributed by atoms with Crippen molar-refractivity contribution in [2.24, 2.45) is 0 Å². The summed E-state index contributed by atoms with van der Waals surface area (Å²) in [4.78, 5) is 6.63. The van der Waals surface area contributed by atoms with Gasteiger partial charge in [0.25, 0.3) is 0 Å².